The summed E-state index contributed by atoms with van der Waals surface area (Å²) >= 11 is 0. The van der Waals surface area contributed by atoms with Gasteiger partial charge in [-0.3, -0.25) is 4.98 Å². The van der Waals surface area contributed by atoms with Crippen molar-refractivity contribution in [2.24, 2.45) is 5.73 Å². The average molecular weight is 340 g/mol. The minimum atomic E-state index is -1.20. The molecular weight excluding hydrogens is 323 g/mol. The molecule has 3 aromatic rings. The Hall–Kier alpha value is -2.99. The van der Waals surface area contributed by atoms with Crippen molar-refractivity contribution in [1.29, 1.82) is 0 Å². The average Bonchev–Trinajstić information content (AvgIpc) is 2.59. The van der Waals surface area contributed by atoms with Crippen molar-refractivity contribution in [3.63, 3.8) is 0 Å². The third-order valence-corrected chi connectivity index (χ3v) is 3.80. The molecule has 3 N–H and O–H groups in total. The second kappa shape index (κ2) is 7.27. The molecule has 0 saturated heterocycles. The van der Waals surface area contributed by atoms with Gasteiger partial charge in [0.15, 0.2) is 0 Å². The Morgan fingerprint density at radius 1 is 1.24 bits per heavy atom. The predicted molar refractivity (Wildman–Crippen MR) is 92.3 cm³/mol. The molecule has 0 aliphatic carbocycles. The van der Waals surface area contributed by atoms with Gasteiger partial charge in [0.2, 0.25) is 0 Å². The van der Waals surface area contributed by atoms with Crippen LogP contribution in [0.2, 0.25) is 0 Å². The summed E-state index contributed by atoms with van der Waals surface area (Å²) in [4.78, 5) is 15.5. The highest BCUT2D eigenvalue weighted by Gasteiger charge is 2.18. The number of ether oxygens (including phenoxy) is 1. The van der Waals surface area contributed by atoms with Crippen LogP contribution < -0.4 is 10.5 Å². The molecule has 1 atom stereocenters. The number of pyridine rings is 1. The third-order valence-electron chi connectivity index (χ3n) is 3.80. The van der Waals surface area contributed by atoms with Crippen molar-refractivity contribution in [2.45, 2.75) is 12.5 Å². The summed E-state index contributed by atoms with van der Waals surface area (Å²) in [5.41, 5.74) is 7.42. The molecule has 0 unspecified atom stereocenters. The fourth-order valence-electron chi connectivity index (χ4n) is 2.67. The predicted octanol–water partition coefficient (Wildman–Crippen LogP) is 3.02. The molecule has 0 saturated carbocycles. The fourth-order valence-corrected chi connectivity index (χ4v) is 2.67. The Morgan fingerprint density at radius 2 is 2.00 bits per heavy atom. The Bertz CT molecular complexity index is 900. The monoisotopic (exact) mass is 340 g/mol. The lowest BCUT2D eigenvalue weighted by molar-refractivity contribution is 0.0694. The highest BCUT2D eigenvalue weighted by Crippen LogP contribution is 2.28. The number of fused-ring (bicyclic) bond motifs is 1. The number of aromatic nitrogens is 1. The van der Waals surface area contributed by atoms with E-state index in [1.54, 1.807) is 6.07 Å². The van der Waals surface area contributed by atoms with Gasteiger partial charge in [-0.25, -0.2) is 9.18 Å². The maximum absolute atomic E-state index is 13.5. The number of benzene rings is 2. The normalized spacial score (nSPS) is 12.1. The van der Waals surface area contributed by atoms with Gasteiger partial charge < -0.3 is 15.6 Å². The molecule has 0 aliphatic heterocycles. The summed E-state index contributed by atoms with van der Waals surface area (Å²) in [5.74, 6) is -1.66. The Morgan fingerprint density at radius 3 is 2.72 bits per heavy atom. The van der Waals surface area contributed by atoms with Crippen LogP contribution in [0.4, 0.5) is 4.39 Å². The van der Waals surface area contributed by atoms with Crippen LogP contribution >= 0.6 is 0 Å². The zero-order valence-electron chi connectivity index (χ0n) is 13.4. The van der Waals surface area contributed by atoms with Crippen LogP contribution in [0.15, 0.2) is 54.7 Å². The van der Waals surface area contributed by atoms with Crippen LogP contribution in [0.3, 0.4) is 0 Å². The number of nitrogens with two attached hydrogens (primary N) is 1. The maximum atomic E-state index is 13.5. The molecule has 128 valence electrons. The summed E-state index contributed by atoms with van der Waals surface area (Å²) < 4.78 is 19.1. The van der Waals surface area contributed by atoms with Gasteiger partial charge in [-0.15, -0.1) is 0 Å². The van der Waals surface area contributed by atoms with E-state index < -0.39 is 11.8 Å². The van der Waals surface area contributed by atoms with E-state index in [1.165, 1.54) is 6.07 Å². The summed E-state index contributed by atoms with van der Waals surface area (Å²) in [6.45, 7) is 0.142. The van der Waals surface area contributed by atoms with E-state index in [9.17, 15) is 14.3 Å². The Labute approximate surface area is 143 Å². The van der Waals surface area contributed by atoms with Gasteiger partial charge in [0, 0.05) is 11.4 Å². The number of aromatic carboxylic acids is 1. The molecule has 2 aromatic carbocycles. The van der Waals surface area contributed by atoms with Crippen molar-refractivity contribution in [1.82, 2.24) is 4.98 Å². The lowest BCUT2D eigenvalue weighted by Crippen LogP contribution is -2.30. The van der Waals surface area contributed by atoms with Crippen LogP contribution in [0.1, 0.15) is 15.9 Å². The molecule has 1 heterocycles. The molecule has 0 fully saturated rings. The number of nitrogens with zero attached hydrogens (tertiary/aromatic N) is 1. The van der Waals surface area contributed by atoms with Crippen molar-refractivity contribution < 1.29 is 19.0 Å². The lowest BCUT2D eigenvalue weighted by Gasteiger charge is -2.15. The molecule has 3 rings (SSSR count). The van der Waals surface area contributed by atoms with E-state index in [2.05, 4.69) is 4.98 Å². The molecule has 0 amide bonds. The zero-order chi connectivity index (χ0) is 17.8. The minimum Gasteiger partial charge on any atom is -0.491 e. The first-order chi connectivity index (χ1) is 12.0. The molecule has 0 bridgehead atoms. The van der Waals surface area contributed by atoms with Crippen LogP contribution in [0.5, 0.6) is 5.75 Å². The van der Waals surface area contributed by atoms with Gasteiger partial charge in [0.1, 0.15) is 23.7 Å². The van der Waals surface area contributed by atoms with Gasteiger partial charge in [-0.05, 0) is 30.2 Å². The van der Waals surface area contributed by atoms with E-state index in [-0.39, 0.29) is 29.3 Å². The molecule has 6 heteroatoms. The highest BCUT2D eigenvalue weighted by atomic mass is 19.1. The van der Waals surface area contributed by atoms with Gasteiger partial charge in [0.25, 0.3) is 0 Å². The quantitative estimate of drug-likeness (QED) is 0.720. The van der Waals surface area contributed by atoms with Gasteiger partial charge in [-0.1, -0.05) is 30.3 Å². The summed E-state index contributed by atoms with van der Waals surface area (Å²) in [6.07, 6.45) is 1.65. The smallest absolute Gasteiger partial charge is 0.340 e. The number of carboxylic acid groups (broad SMARTS) is 1. The minimum absolute atomic E-state index is 0.114. The molecule has 5 nitrogen and oxygen atoms in total. The number of halogens is 1. The van der Waals surface area contributed by atoms with Gasteiger partial charge >= 0.3 is 5.97 Å². The first-order valence-electron chi connectivity index (χ1n) is 7.78. The van der Waals surface area contributed by atoms with Gasteiger partial charge in [0.05, 0.1) is 11.7 Å². The molecule has 0 aliphatic rings. The van der Waals surface area contributed by atoms with Crippen LogP contribution in [-0.2, 0) is 6.42 Å². The SMILES string of the molecule is N[C@@H](COc1ccc2ncc(F)cc2c1C(=O)O)Cc1ccccc1. The standard InChI is InChI=1S/C19H17FN2O3/c20-13-9-15-16(22-10-13)6-7-17(18(15)19(23)24)25-11-14(21)8-12-4-2-1-3-5-12/h1-7,9-10,14H,8,11,21H2,(H,23,24)/t14-/m1/s1. The first-order valence-corrected chi connectivity index (χ1v) is 7.78. The van der Waals surface area contributed by atoms with E-state index >= 15 is 0 Å². The van der Waals surface area contributed by atoms with E-state index in [4.69, 9.17) is 10.5 Å². The number of hydrogen-bond acceptors (Lipinski definition) is 4. The van der Waals surface area contributed by atoms with Crippen LogP contribution in [0, 0.1) is 5.82 Å². The molecular formula is C19H17FN2O3. The van der Waals surface area contributed by atoms with Crippen LogP contribution in [-0.4, -0.2) is 28.7 Å². The summed E-state index contributed by atoms with van der Waals surface area (Å²) in [6, 6.07) is 13.7. The van der Waals surface area contributed by atoms with E-state index in [0.717, 1.165) is 17.8 Å². The molecule has 25 heavy (non-hydrogen) atoms. The highest BCUT2D eigenvalue weighted by molar-refractivity contribution is 6.05. The topological polar surface area (TPSA) is 85.4 Å². The Balaban J connectivity index is 1.81. The third kappa shape index (κ3) is 3.92. The van der Waals surface area contributed by atoms with E-state index in [0.29, 0.717) is 11.9 Å². The fraction of sp³-hybridized carbons (Fsp3) is 0.158. The second-order valence-corrected chi connectivity index (χ2v) is 5.72. The van der Waals surface area contributed by atoms with Crippen molar-refractivity contribution >= 4 is 16.9 Å². The molecule has 1 aromatic heterocycles. The van der Waals surface area contributed by atoms with Crippen molar-refractivity contribution in [3.8, 4) is 5.75 Å². The molecule has 0 radical (unpaired) electrons. The summed E-state index contributed by atoms with van der Waals surface area (Å²) in [5, 5.41) is 9.69. The number of carboxylic acids is 1. The second-order valence-electron chi connectivity index (χ2n) is 5.72. The molecule has 0 spiro atoms. The Kier molecular flexibility index (Phi) is 4.90. The number of rotatable bonds is 6. The van der Waals surface area contributed by atoms with E-state index in [1.807, 2.05) is 30.3 Å². The zero-order valence-corrected chi connectivity index (χ0v) is 13.4. The van der Waals surface area contributed by atoms with Gasteiger partial charge in [-0.2, -0.15) is 0 Å². The summed E-state index contributed by atoms with van der Waals surface area (Å²) in [7, 11) is 0. The largest absolute Gasteiger partial charge is 0.491 e. The van der Waals surface area contributed by atoms with Crippen molar-refractivity contribution in [2.75, 3.05) is 6.61 Å². The maximum Gasteiger partial charge on any atom is 0.340 e. The number of carbonyl (C=O) groups is 1. The number of hydrogen-bond donors (Lipinski definition) is 2. The first kappa shape index (κ1) is 16.9. The van der Waals surface area contributed by atoms with Crippen LogP contribution in [0.25, 0.3) is 10.9 Å². The lowest BCUT2D eigenvalue weighted by atomic mass is 10.1. The van der Waals surface area contributed by atoms with Crippen molar-refractivity contribution in [3.05, 3.63) is 71.7 Å².